The van der Waals surface area contributed by atoms with Gasteiger partial charge < -0.3 is 20.3 Å². The maximum Gasteiger partial charge on any atom is 0.138 e. The number of aliphatic hydroxyl groups is 1. The number of carbonyl (C=O) groups excluding carboxylic acids is 1. The molecule has 0 bridgehead atoms. The van der Waals surface area contributed by atoms with E-state index in [4.69, 9.17) is 0 Å². The normalized spacial score (nSPS) is 18.3. The zero-order valence-corrected chi connectivity index (χ0v) is 10.4. The van der Waals surface area contributed by atoms with Crippen molar-refractivity contribution in [3.8, 4) is 0 Å². The fourth-order valence-corrected chi connectivity index (χ4v) is 3.23. The Bertz CT molecular complexity index is 461. The monoisotopic (exact) mass is 270 g/mol. The van der Waals surface area contributed by atoms with Crippen molar-refractivity contribution in [1.29, 1.82) is 0 Å². The minimum atomic E-state index is -1.49. The number of anilines is 1. The Labute approximate surface area is 108 Å². The molecule has 4 nitrogen and oxygen atoms in total. The summed E-state index contributed by atoms with van der Waals surface area (Å²) in [6.45, 7) is 0. The zero-order valence-electron chi connectivity index (χ0n) is 9.61. The molecule has 1 fully saturated rings. The SMILES string of the molecule is O=C([O-])Nc1ccc(C2(O)CCSCC2)c(F)c1. The van der Waals surface area contributed by atoms with E-state index in [1.54, 1.807) is 11.8 Å². The highest BCUT2D eigenvalue weighted by Crippen LogP contribution is 2.37. The van der Waals surface area contributed by atoms with E-state index in [1.807, 2.05) is 5.32 Å². The fraction of sp³-hybridized carbons (Fsp3) is 0.417. The van der Waals surface area contributed by atoms with Crippen molar-refractivity contribution >= 4 is 23.5 Å². The number of rotatable bonds is 2. The first-order chi connectivity index (χ1) is 8.51. The van der Waals surface area contributed by atoms with Crippen molar-refractivity contribution in [2.75, 3.05) is 16.8 Å². The summed E-state index contributed by atoms with van der Waals surface area (Å²) >= 11 is 1.73. The third kappa shape index (κ3) is 2.76. The van der Waals surface area contributed by atoms with Gasteiger partial charge in [-0.05, 0) is 36.5 Å². The highest BCUT2D eigenvalue weighted by molar-refractivity contribution is 7.99. The number of nitrogens with one attached hydrogen (secondary N) is 1. The molecule has 0 aromatic heterocycles. The first-order valence-corrected chi connectivity index (χ1v) is 6.75. The van der Waals surface area contributed by atoms with Crippen LogP contribution >= 0.6 is 11.8 Å². The van der Waals surface area contributed by atoms with Crippen LogP contribution in [0.3, 0.4) is 0 Å². The molecular weight excluding hydrogens is 257 g/mol. The summed E-state index contributed by atoms with van der Waals surface area (Å²) < 4.78 is 13.9. The molecule has 18 heavy (non-hydrogen) atoms. The average molecular weight is 270 g/mol. The van der Waals surface area contributed by atoms with Gasteiger partial charge in [-0.25, -0.2) is 4.39 Å². The zero-order chi connectivity index (χ0) is 13.2. The molecule has 1 amide bonds. The molecule has 2 rings (SSSR count). The van der Waals surface area contributed by atoms with Crippen molar-refractivity contribution in [2.24, 2.45) is 0 Å². The minimum Gasteiger partial charge on any atom is -0.530 e. The average Bonchev–Trinajstić information content (AvgIpc) is 2.28. The second-order valence-electron chi connectivity index (χ2n) is 4.25. The molecule has 1 aromatic rings. The van der Waals surface area contributed by atoms with E-state index < -0.39 is 17.5 Å². The lowest BCUT2D eigenvalue weighted by Gasteiger charge is -2.32. The lowest BCUT2D eigenvalue weighted by Crippen LogP contribution is -2.32. The van der Waals surface area contributed by atoms with Gasteiger partial charge in [0.1, 0.15) is 11.9 Å². The summed E-state index contributed by atoms with van der Waals surface area (Å²) in [4.78, 5) is 10.3. The summed E-state index contributed by atoms with van der Waals surface area (Å²) in [7, 11) is 0. The maximum absolute atomic E-state index is 13.9. The predicted molar refractivity (Wildman–Crippen MR) is 65.9 cm³/mol. The van der Waals surface area contributed by atoms with Gasteiger partial charge in [0.2, 0.25) is 0 Å². The number of carboxylic acid groups (broad SMARTS) is 1. The molecule has 1 aliphatic heterocycles. The van der Waals surface area contributed by atoms with Gasteiger partial charge in [-0.3, -0.25) is 0 Å². The summed E-state index contributed by atoms with van der Waals surface area (Å²) in [6.07, 6.45) is -0.487. The molecule has 0 unspecified atom stereocenters. The number of benzene rings is 1. The number of hydrogen-bond donors (Lipinski definition) is 2. The Morgan fingerprint density at radius 3 is 2.67 bits per heavy atom. The maximum atomic E-state index is 13.9. The highest BCUT2D eigenvalue weighted by atomic mass is 32.2. The number of hydrogen-bond acceptors (Lipinski definition) is 4. The number of halogens is 1. The van der Waals surface area contributed by atoms with Gasteiger partial charge in [0.05, 0.1) is 5.60 Å². The molecule has 0 aliphatic carbocycles. The third-order valence-corrected chi connectivity index (χ3v) is 4.02. The van der Waals surface area contributed by atoms with E-state index in [2.05, 4.69) is 0 Å². The molecular formula is C12H13FNO3S-. The minimum absolute atomic E-state index is 0.102. The van der Waals surface area contributed by atoms with Crippen molar-refractivity contribution in [2.45, 2.75) is 18.4 Å². The molecule has 0 spiro atoms. The smallest absolute Gasteiger partial charge is 0.138 e. The van der Waals surface area contributed by atoms with Crippen LogP contribution in [0.25, 0.3) is 0 Å². The van der Waals surface area contributed by atoms with Gasteiger partial charge in [0.15, 0.2) is 0 Å². The van der Waals surface area contributed by atoms with Crippen molar-refractivity contribution in [1.82, 2.24) is 0 Å². The first-order valence-electron chi connectivity index (χ1n) is 5.59. The second-order valence-corrected chi connectivity index (χ2v) is 5.48. The predicted octanol–water partition coefficient (Wildman–Crippen LogP) is 1.30. The van der Waals surface area contributed by atoms with E-state index in [0.717, 1.165) is 17.6 Å². The van der Waals surface area contributed by atoms with E-state index in [9.17, 15) is 19.4 Å². The van der Waals surface area contributed by atoms with Crippen LogP contribution in [0.15, 0.2) is 18.2 Å². The molecule has 2 N–H and O–H groups in total. The lowest BCUT2D eigenvalue weighted by molar-refractivity contribution is -0.242. The van der Waals surface area contributed by atoms with E-state index in [0.29, 0.717) is 12.8 Å². The molecule has 1 aromatic carbocycles. The third-order valence-electron chi connectivity index (χ3n) is 3.04. The summed E-state index contributed by atoms with van der Waals surface area (Å²) in [5.74, 6) is 0.972. The second kappa shape index (κ2) is 5.16. The fourth-order valence-electron chi connectivity index (χ4n) is 2.07. The van der Waals surface area contributed by atoms with E-state index in [1.165, 1.54) is 12.1 Å². The molecule has 98 valence electrons. The van der Waals surface area contributed by atoms with Crippen LogP contribution in [0.4, 0.5) is 14.9 Å². The van der Waals surface area contributed by atoms with Crippen molar-refractivity contribution in [3.63, 3.8) is 0 Å². The van der Waals surface area contributed by atoms with Gasteiger partial charge in [0, 0.05) is 11.3 Å². The Kier molecular flexibility index (Phi) is 3.77. The molecule has 1 aliphatic rings. The van der Waals surface area contributed by atoms with E-state index in [-0.39, 0.29) is 11.3 Å². The van der Waals surface area contributed by atoms with Crippen molar-refractivity contribution in [3.05, 3.63) is 29.6 Å². The van der Waals surface area contributed by atoms with Crippen LogP contribution in [-0.4, -0.2) is 22.7 Å². The largest absolute Gasteiger partial charge is 0.530 e. The van der Waals surface area contributed by atoms with Crippen LogP contribution in [0.1, 0.15) is 18.4 Å². The first kappa shape index (κ1) is 13.2. The summed E-state index contributed by atoms with van der Waals surface area (Å²) in [6, 6.07) is 3.91. The molecule has 0 saturated carbocycles. The standard InChI is InChI=1S/C12H14FNO3S/c13-10-7-8(14-11(15)16)1-2-9(10)12(17)3-5-18-6-4-12/h1-2,7,14,17H,3-6H2,(H,15,16)/p-1. The summed E-state index contributed by atoms with van der Waals surface area (Å²) in [5, 5.41) is 22.7. The molecule has 0 radical (unpaired) electrons. The Hall–Kier alpha value is -1.27. The lowest BCUT2D eigenvalue weighted by atomic mass is 9.87. The molecule has 0 atom stereocenters. The van der Waals surface area contributed by atoms with E-state index >= 15 is 0 Å². The quantitative estimate of drug-likeness (QED) is 0.849. The number of thioether (sulfide) groups is 1. The molecule has 1 heterocycles. The number of carbonyl (C=O) groups is 1. The topological polar surface area (TPSA) is 72.4 Å². The van der Waals surface area contributed by atoms with Crippen LogP contribution in [0, 0.1) is 5.82 Å². The van der Waals surface area contributed by atoms with Crippen molar-refractivity contribution < 1.29 is 19.4 Å². The van der Waals surface area contributed by atoms with Gasteiger partial charge in [0.25, 0.3) is 0 Å². The van der Waals surface area contributed by atoms with Gasteiger partial charge in [-0.15, -0.1) is 0 Å². The summed E-state index contributed by atoms with van der Waals surface area (Å²) in [5.41, 5.74) is -0.813. The van der Waals surface area contributed by atoms with Crippen LogP contribution in [0.5, 0.6) is 0 Å². The highest BCUT2D eigenvalue weighted by Gasteiger charge is 2.33. The van der Waals surface area contributed by atoms with Gasteiger partial charge in [-0.1, -0.05) is 6.07 Å². The Balaban J connectivity index is 2.26. The Morgan fingerprint density at radius 2 is 2.11 bits per heavy atom. The number of amides is 1. The van der Waals surface area contributed by atoms with Gasteiger partial charge in [-0.2, -0.15) is 11.8 Å². The van der Waals surface area contributed by atoms with Crippen LogP contribution in [-0.2, 0) is 5.60 Å². The molecule has 1 saturated heterocycles. The Morgan fingerprint density at radius 1 is 1.44 bits per heavy atom. The van der Waals surface area contributed by atoms with Gasteiger partial charge >= 0.3 is 0 Å². The van der Waals surface area contributed by atoms with Crippen LogP contribution in [0.2, 0.25) is 0 Å². The van der Waals surface area contributed by atoms with Crippen LogP contribution < -0.4 is 10.4 Å². The molecule has 6 heteroatoms.